The highest BCUT2D eigenvalue weighted by Gasteiger charge is 2.07. The van der Waals surface area contributed by atoms with Gasteiger partial charge in [0.2, 0.25) is 0 Å². The van der Waals surface area contributed by atoms with Gasteiger partial charge >= 0.3 is 0 Å². The molecule has 1 N–H and O–H groups in total. The van der Waals surface area contributed by atoms with Crippen LogP contribution in [-0.2, 0) is 0 Å². The minimum Gasteiger partial charge on any atom is -0.360 e. The molecular weight excluding hydrogens is 281 g/mol. The second-order valence-electron chi connectivity index (χ2n) is 3.70. The highest BCUT2D eigenvalue weighted by atomic mass is 35.5. The fraction of sp³-hybridized carbons (Fsp3) is 0. The summed E-state index contributed by atoms with van der Waals surface area (Å²) >= 11 is 5.72. The van der Waals surface area contributed by atoms with E-state index in [1.807, 2.05) is 0 Å². The van der Waals surface area contributed by atoms with E-state index >= 15 is 0 Å². The van der Waals surface area contributed by atoms with E-state index in [9.17, 15) is 4.39 Å². The molecule has 2 rings (SSSR count). The Morgan fingerprint density at radius 3 is 2.70 bits per heavy atom. The number of aromatic nitrogens is 2. The van der Waals surface area contributed by atoms with Crippen LogP contribution in [0.2, 0.25) is 5.02 Å². The van der Waals surface area contributed by atoms with Gasteiger partial charge in [0.25, 0.3) is 0 Å². The van der Waals surface area contributed by atoms with Crippen molar-refractivity contribution in [3.8, 4) is 17.8 Å². The number of nitrogens with zero attached hydrogens (tertiary/aromatic N) is 4. The fourth-order valence-electron chi connectivity index (χ4n) is 1.46. The molecule has 0 saturated carbocycles. The average molecular weight is 288 g/mol. The van der Waals surface area contributed by atoms with Crippen molar-refractivity contribution in [1.82, 2.24) is 9.78 Å². The second kappa shape index (κ2) is 5.87. The molecule has 7 heteroatoms. The van der Waals surface area contributed by atoms with Crippen molar-refractivity contribution in [3.05, 3.63) is 53.2 Å². The Bertz CT molecular complexity index is 735. The number of benzene rings is 1. The van der Waals surface area contributed by atoms with Crippen molar-refractivity contribution in [3.63, 3.8) is 0 Å². The van der Waals surface area contributed by atoms with Crippen molar-refractivity contribution in [2.75, 3.05) is 5.32 Å². The number of rotatable bonds is 3. The zero-order chi connectivity index (χ0) is 14.5. The van der Waals surface area contributed by atoms with Crippen molar-refractivity contribution < 1.29 is 4.39 Å². The van der Waals surface area contributed by atoms with Crippen LogP contribution in [0.4, 0.5) is 10.1 Å². The van der Waals surface area contributed by atoms with Gasteiger partial charge in [0.15, 0.2) is 5.82 Å². The van der Waals surface area contributed by atoms with Crippen LogP contribution in [0, 0.1) is 28.5 Å². The zero-order valence-corrected chi connectivity index (χ0v) is 10.8. The molecule has 0 amide bonds. The quantitative estimate of drug-likeness (QED) is 0.880. The van der Waals surface area contributed by atoms with Crippen LogP contribution in [0.5, 0.6) is 0 Å². The van der Waals surface area contributed by atoms with Crippen molar-refractivity contribution in [2.45, 2.75) is 0 Å². The minimum absolute atomic E-state index is 0.103. The maximum Gasteiger partial charge on any atom is 0.150 e. The Morgan fingerprint density at radius 2 is 2.15 bits per heavy atom. The summed E-state index contributed by atoms with van der Waals surface area (Å²) in [7, 11) is 0. The molecule has 0 aliphatic rings. The number of anilines is 1. The standard InChI is InChI=1S/C13H7ClFN5/c14-10-7-19-20(8-10)13-2-1-11(3-12(13)15)18-6-9(4-16)5-17/h1-3,6-8,18H. The first kappa shape index (κ1) is 13.6. The number of allylic oxidation sites excluding steroid dienone is 1. The molecule has 0 saturated heterocycles. The molecular formula is C13H7ClFN5. The van der Waals surface area contributed by atoms with Gasteiger partial charge in [-0.1, -0.05) is 11.6 Å². The Labute approximate surface area is 119 Å². The fourth-order valence-corrected chi connectivity index (χ4v) is 1.60. The maximum atomic E-state index is 13.9. The molecule has 0 spiro atoms. The molecule has 0 atom stereocenters. The molecule has 0 unspecified atom stereocenters. The molecule has 0 radical (unpaired) electrons. The molecule has 1 heterocycles. The summed E-state index contributed by atoms with van der Waals surface area (Å²) in [5.74, 6) is -0.515. The van der Waals surface area contributed by atoms with Crippen LogP contribution in [-0.4, -0.2) is 9.78 Å². The molecule has 0 aliphatic carbocycles. The highest BCUT2D eigenvalue weighted by Crippen LogP contribution is 2.19. The third-order valence-electron chi connectivity index (χ3n) is 2.37. The van der Waals surface area contributed by atoms with Crippen molar-refractivity contribution in [2.24, 2.45) is 0 Å². The normalized spacial score (nSPS) is 9.40. The molecule has 1 aromatic heterocycles. The Morgan fingerprint density at radius 1 is 1.40 bits per heavy atom. The molecule has 0 aliphatic heterocycles. The van der Waals surface area contributed by atoms with Crippen LogP contribution in [0.1, 0.15) is 0 Å². The maximum absolute atomic E-state index is 13.9. The third kappa shape index (κ3) is 2.94. The molecule has 0 bridgehead atoms. The largest absolute Gasteiger partial charge is 0.360 e. The lowest BCUT2D eigenvalue weighted by Gasteiger charge is -2.06. The average Bonchev–Trinajstić information content (AvgIpc) is 2.86. The van der Waals surface area contributed by atoms with Gasteiger partial charge in [0.05, 0.1) is 11.2 Å². The molecule has 1 aromatic carbocycles. The van der Waals surface area contributed by atoms with E-state index in [4.69, 9.17) is 22.1 Å². The Kier molecular flexibility index (Phi) is 3.99. The van der Waals surface area contributed by atoms with Crippen molar-refractivity contribution in [1.29, 1.82) is 10.5 Å². The summed E-state index contributed by atoms with van der Waals surface area (Å²) in [5.41, 5.74) is 0.549. The van der Waals surface area contributed by atoms with E-state index in [0.29, 0.717) is 10.7 Å². The highest BCUT2D eigenvalue weighted by molar-refractivity contribution is 6.30. The summed E-state index contributed by atoms with van der Waals surface area (Å²) in [5, 5.41) is 24.1. The monoisotopic (exact) mass is 287 g/mol. The van der Waals surface area contributed by atoms with E-state index in [2.05, 4.69) is 10.4 Å². The van der Waals surface area contributed by atoms with E-state index in [1.54, 1.807) is 18.2 Å². The molecule has 0 fully saturated rings. The van der Waals surface area contributed by atoms with E-state index in [0.717, 1.165) is 0 Å². The molecule has 20 heavy (non-hydrogen) atoms. The Hall–Kier alpha value is -2.83. The van der Waals surface area contributed by atoms with E-state index in [-0.39, 0.29) is 11.3 Å². The number of hydrogen-bond donors (Lipinski definition) is 1. The summed E-state index contributed by atoms with van der Waals surface area (Å²) in [6, 6.07) is 7.71. The van der Waals surface area contributed by atoms with Crippen LogP contribution in [0.15, 0.2) is 42.4 Å². The summed E-state index contributed by atoms with van der Waals surface area (Å²) in [4.78, 5) is 0. The molecule has 2 aromatic rings. The summed E-state index contributed by atoms with van der Waals surface area (Å²) in [6.45, 7) is 0. The number of nitrogens with one attached hydrogen (secondary N) is 1. The van der Waals surface area contributed by atoms with Gasteiger partial charge in [-0.25, -0.2) is 9.07 Å². The van der Waals surface area contributed by atoms with Crippen LogP contribution >= 0.6 is 11.6 Å². The first-order valence-electron chi connectivity index (χ1n) is 5.41. The Balaban J connectivity index is 2.25. The number of nitriles is 2. The topological polar surface area (TPSA) is 77.4 Å². The van der Waals surface area contributed by atoms with E-state index in [1.165, 1.54) is 35.4 Å². The predicted molar refractivity (Wildman–Crippen MR) is 71.5 cm³/mol. The van der Waals surface area contributed by atoms with Gasteiger partial charge in [-0.05, 0) is 18.2 Å². The summed E-state index contributed by atoms with van der Waals surface area (Å²) < 4.78 is 15.3. The van der Waals surface area contributed by atoms with Gasteiger partial charge in [-0.15, -0.1) is 0 Å². The minimum atomic E-state index is -0.515. The van der Waals surface area contributed by atoms with Crippen LogP contribution in [0.3, 0.4) is 0 Å². The number of hydrogen-bond acceptors (Lipinski definition) is 4. The summed E-state index contributed by atoms with van der Waals surface area (Å²) in [6.07, 6.45) is 4.09. The van der Waals surface area contributed by atoms with Gasteiger partial charge in [-0.2, -0.15) is 15.6 Å². The first-order chi connectivity index (χ1) is 9.63. The van der Waals surface area contributed by atoms with Crippen LogP contribution < -0.4 is 5.32 Å². The lowest BCUT2D eigenvalue weighted by Crippen LogP contribution is -1.99. The van der Waals surface area contributed by atoms with Gasteiger partial charge in [0.1, 0.15) is 23.4 Å². The van der Waals surface area contributed by atoms with Crippen LogP contribution in [0.25, 0.3) is 5.69 Å². The first-order valence-corrected chi connectivity index (χ1v) is 5.79. The van der Waals surface area contributed by atoms with Gasteiger partial charge in [-0.3, -0.25) is 0 Å². The zero-order valence-electron chi connectivity index (χ0n) is 10.0. The van der Waals surface area contributed by atoms with Crippen molar-refractivity contribution >= 4 is 17.3 Å². The number of halogens is 2. The SMILES string of the molecule is N#CC(C#N)=CNc1ccc(-n2cc(Cl)cn2)c(F)c1. The molecule has 98 valence electrons. The van der Waals surface area contributed by atoms with Gasteiger partial charge in [0, 0.05) is 18.1 Å². The van der Waals surface area contributed by atoms with Gasteiger partial charge < -0.3 is 5.32 Å². The third-order valence-corrected chi connectivity index (χ3v) is 2.56. The lowest BCUT2D eigenvalue weighted by atomic mass is 10.2. The van der Waals surface area contributed by atoms with E-state index < -0.39 is 5.82 Å². The molecule has 5 nitrogen and oxygen atoms in total. The smallest absolute Gasteiger partial charge is 0.150 e. The second-order valence-corrected chi connectivity index (χ2v) is 4.13. The predicted octanol–water partition coefficient (Wildman–Crippen LogP) is 3.01. The lowest BCUT2D eigenvalue weighted by molar-refractivity contribution is 0.611.